The molecule has 0 aromatic carbocycles. The van der Waals surface area contributed by atoms with E-state index in [-0.39, 0.29) is 11.8 Å². The first-order chi connectivity index (χ1) is 7.59. The number of amidine groups is 1. The van der Waals surface area contributed by atoms with Crippen molar-refractivity contribution in [2.45, 2.75) is 13.5 Å². The van der Waals surface area contributed by atoms with Gasteiger partial charge in [-0.25, -0.2) is 15.0 Å². The van der Waals surface area contributed by atoms with E-state index in [1.165, 1.54) is 6.33 Å². The molecule has 0 aliphatic rings. The second-order valence-electron chi connectivity index (χ2n) is 3.68. The van der Waals surface area contributed by atoms with E-state index in [4.69, 9.17) is 16.9 Å². The summed E-state index contributed by atoms with van der Waals surface area (Å²) in [5.74, 6) is 0.441. The van der Waals surface area contributed by atoms with Crippen LogP contribution in [-0.4, -0.2) is 25.4 Å². The fourth-order valence-corrected chi connectivity index (χ4v) is 1.43. The minimum absolute atomic E-state index is 0.0615. The number of aromatic nitrogens is 4. The van der Waals surface area contributed by atoms with Gasteiger partial charge >= 0.3 is 0 Å². The zero-order chi connectivity index (χ0) is 11.7. The summed E-state index contributed by atoms with van der Waals surface area (Å²) in [5.41, 5.74) is 12.3. The van der Waals surface area contributed by atoms with Crippen LogP contribution in [0, 0.1) is 11.3 Å². The van der Waals surface area contributed by atoms with Crippen LogP contribution in [0.4, 0.5) is 5.82 Å². The first kappa shape index (κ1) is 10.3. The molecule has 0 bridgehead atoms. The van der Waals surface area contributed by atoms with Gasteiger partial charge in [0.1, 0.15) is 11.8 Å². The lowest BCUT2D eigenvalue weighted by Crippen LogP contribution is -2.23. The maximum atomic E-state index is 7.34. The molecule has 0 fully saturated rings. The van der Waals surface area contributed by atoms with Crippen LogP contribution in [0.2, 0.25) is 0 Å². The predicted molar refractivity (Wildman–Crippen MR) is 60.8 cm³/mol. The van der Waals surface area contributed by atoms with E-state index >= 15 is 0 Å². The minimum atomic E-state index is -0.0615. The van der Waals surface area contributed by atoms with Crippen LogP contribution >= 0.6 is 0 Å². The van der Waals surface area contributed by atoms with Gasteiger partial charge in [0, 0.05) is 12.5 Å². The lowest BCUT2D eigenvalue weighted by molar-refractivity contribution is 0.600. The van der Waals surface area contributed by atoms with Gasteiger partial charge in [0.05, 0.1) is 12.2 Å². The number of nitrogens with one attached hydrogen (secondary N) is 1. The SMILES string of the molecule is CC(Cn1cnc2c(N)ncnc21)C(=N)N. The van der Waals surface area contributed by atoms with Gasteiger partial charge in [-0.2, -0.15) is 0 Å². The van der Waals surface area contributed by atoms with E-state index in [0.717, 1.165) is 0 Å². The summed E-state index contributed by atoms with van der Waals surface area (Å²) >= 11 is 0. The average Bonchev–Trinajstić information content (AvgIpc) is 2.63. The molecule has 2 aromatic rings. The molecule has 0 aliphatic carbocycles. The van der Waals surface area contributed by atoms with Crippen molar-refractivity contribution in [1.29, 1.82) is 5.41 Å². The molecule has 0 amide bonds. The number of nitrogens with two attached hydrogens (primary N) is 2. The molecule has 16 heavy (non-hydrogen) atoms. The van der Waals surface area contributed by atoms with Crippen LogP contribution in [-0.2, 0) is 6.54 Å². The summed E-state index contributed by atoms with van der Waals surface area (Å²) in [4.78, 5) is 12.1. The Balaban J connectivity index is 2.39. The van der Waals surface area contributed by atoms with E-state index in [1.807, 2.05) is 11.5 Å². The van der Waals surface area contributed by atoms with Crippen molar-refractivity contribution in [3.8, 4) is 0 Å². The van der Waals surface area contributed by atoms with Crippen LogP contribution in [0.15, 0.2) is 12.7 Å². The maximum absolute atomic E-state index is 7.34. The van der Waals surface area contributed by atoms with Crippen molar-refractivity contribution in [2.75, 3.05) is 5.73 Å². The van der Waals surface area contributed by atoms with Gasteiger partial charge in [-0.05, 0) is 0 Å². The van der Waals surface area contributed by atoms with Crippen LogP contribution in [0.5, 0.6) is 0 Å². The normalized spacial score (nSPS) is 12.8. The Morgan fingerprint density at radius 3 is 2.94 bits per heavy atom. The predicted octanol–water partition coefficient (Wildman–Crippen LogP) is -0.0194. The number of hydrogen-bond acceptors (Lipinski definition) is 5. The molecule has 7 heteroatoms. The van der Waals surface area contributed by atoms with Crippen LogP contribution in [0.3, 0.4) is 0 Å². The zero-order valence-electron chi connectivity index (χ0n) is 8.88. The molecule has 5 N–H and O–H groups in total. The van der Waals surface area contributed by atoms with Crippen molar-refractivity contribution in [3.63, 3.8) is 0 Å². The van der Waals surface area contributed by atoms with E-state index in [2.05, 4.69) is 15.0 Å². The molecule has 0 radical (unpaired) electrons. The lowest BCUT2D eigenvalue weighted by Gasteiger charge is -2.10. The smallest absolute Gasteiger partial charge is 0.165 e. The summed E-state index contributed by atoms with van der Waals surface area (Å²) < 4.78 is 1.82. The van der Waals surface area contributed by atoms with Crippen LogP contribution in [0.25, 0.3) is 11.2 Å². The fraction of sp³-hybridized carbons (Fsp3) is 0.333. The summed E-state index contributed by atoms with van der Waals surface area (Å²) in [5, 5.41) is 7.34. The van der Waals surface area contributed by atoms with Gasteiger partial charge in [-0.3, -0.25) is 5.41 Å². The molecule has 1 unspecified atom stereocenters. The third-order valence-electron chi connectivity index (χ3n) is 2.43. The van der Waals surface area contributed by atoms with Gasteiger partial charge < -0.3 is 16.0 Å². The fourth-order valence-electron chi connectivity index (χ4n) is 1.43. The molecule has 0 aliphatic heterocycles. The average molecular weight is 219 g/mol. The van der Waals surface area contributed by atoms with Gasteiger partial charge in [0.25, 0.3) is 0 Å². The van der Waals surface area contributed by atoms with E-state index < -0.39 is 0 Å². The Labute approximate surface area is 92.0 Å². The number of rotatable bonds is 3. The summed E-state index contributed by atoms with van der Waals surface area (Å²) in [6.07, 6.45) is 3.03. The van der Waals surface area contributed by atoms with Crippen molar-refractivity contribution in [3.05, 3.63) is 12.7 Å². The summed E-state index contributed by atoms with van der Waals surface area (Å²) in [6, 6.07) is 0. The summed E-state index contributed by atoms with van der Waals surface area (Å²) in [7, 11) is 0. The Morgan fingerprint density at radius 2 is 2.25 bits per heavy atom. The number of fused-ring (bicyclic) bond motifs is 1. The molecule has 2 heterocycles. The van der Waals surface area contributed by atoms with Crippen molar-refractivity contribution in [2.24, 2.45) is 11.7 Å². The molecule has 2 rings (SSSR count). The standard InChI is InChI=1S/C9H13N7/c1-5(7(10)11)2-16-4-15-6-8(12)13-3-14-9(6)16/h3-5H,2H2,1H3,(H3,10,11)(H2,12,13,14). The second kappa shape index (κ2) is 3.76. The molecule has 2 aromatic heterocycles. The van der Waals surface area contributed by atoms with E-state index in [1.54, 1.807) is 6.33 Å². The van der Waals surface area contributed by atoms with Gasteiger partial charge in [-0.1, -0.05) is 6.92 Å². The highest BCUT2D eigenvalue weighted by molar-refractivity contribution is 5.82. The first-order valence-electron chi connectivity index (χ1n) is 4.85. The highest BCUT2D eigenvalue weighted by atomic mass is 15.1. The number of nitrogens with zero attached hydrogens (tertiary/aromatic N) is 4. The minimum Gasteiger partial charge on any atom is -0.387 e. The number of nitrogen functional groups attached to an aromatic ring is 1. The molecule has 0 saturated heterocycles. The highest BCUT2D eigenvalue weighted by Gasteiger charge is 2.11. The second-order valence-corrected chi connectivity index (χ2v) is 3.68. The quantitative estimate of drug-likeness (QED) is 0.495. The Morgan fingerprint density at radius 1 is 1.50 bits per heavy atom. The van der Waals surface area contributed by atoms with Crippen molar-refractivity contribution < 1.29 is 0 Å². The molecule has 1 atom stereocenters. The van der Waals surface area contributed by atoms with E-state index in [0.29, 0.717) is 23.5 Å². The molecular weight excluding hydrogens is 206 g/mol. The van der Waals surface area contributed by atoms with Crippen molar-refractivity contribution >= 4 is 22.8 Å². The van der Waals surface area contributed by atoms with Gasteiger partial charge in [0.2, 0.25) is 0 Å². The molecule has 0 spiro atoms. The monoisotopic (exact) mass is 219 g/mol. The number of hydrogen-bond donors (Lipinski definition) is 3. The van der Waals surface area contributed by atoms with Gasteiger partial charge in [-0.15, -0.1) is 0 Å². The summed E-state index contributed by atoms with van der Waals surface area (Å²) in [6.45, 7) is 2.43. The lowest BCUT2D eigenvalue weighted by atomic mass is 10.1. The van der Waals surface area contributed by atoms with Gasteiger partial charge in [0.15, 0.2) is 11.5 Å². The molecule has 0 saturated carbocycles. The molecule has 7 nitrogen and oxygen atoms in total. The highest BCUT2D eigenvalue weighted by Crippen LogP contribution is 2.15. The zero-order valence-corrected chi connectivity index (χ0v) is 8.88. The Bertz CT molecular complexity index is 530. The van der Waals surface area contributed by atoms with Crippen LogP contribution < -0.4 is 11.5 Å². The van der Waals surface area contributed by atoms with E-state index in [9.17, 15) is 0 Å². The molecule has 84 valence electrons. The third-order valence-corrected chi connectivity index (χ3v) is 2.43. The number of anilines is 1. The van der Waals surface area contributed by atoms with Crippen LogP contribution in [0.1, 0.15) is 6.92 Å². The molecular formula is C9H13N7. The maximum Gasteiger partial charge on any atom is 0.165 e. The largest absolute Gasteiger partial charge is 0.387 e. The number of imidazole rings is 1. The van der Waals surface area contributed by atoms with Crippen molar-refractivity contribution in [1.82, 2.24) is 19.5 Å². The first-order valence-corrected chi connectivity index (χ1v) is 4.85. The topological polar surface area (TPSA) is 119 Å². The third kappa shape index (κ3) is 1.67. The Kier molecular flexibility index (Phi) is 2.43. The Hall–Kier alpha value is -2.18.